The summed E-state index contributed by atoms with van der Waals surface area (Å²) < 4.78 is 5.36. The molecule has 0 aromatic heterocycles. The van der Waals surface area contributed by atoms with Crippen molar-refractivity contribution in [2.75, 3.05) is 26.3 Å². The average molecular weight is 230 g/mol. The van der Waals surface area contributed by atoms with Crippen LogP contribution in [0.25, 0.3) is 0 Å². The summed E-state index contributed by atoms with van der Waals surface area (Å²) in [5, 5.41) is 2.84. The number of carbonyl (C=O) groups is 1. The molecule has 1 amide bonds. The Kier molecular flexibility index (Phi) is 10.5. The maximum absolute atomic E-state index is 11.3. The predicted octanol–water partition coefficient (Wildman–Crippen LogP) is 1.29. The van der Waals surface area contributed by atoms with Crippen molar-refractivity contribution in [1.82, 2.24) is 5.32 Å². The Morgan fingerprint density at radius 3 is 2.69 bits per heavy atom. The van der Waals surface area contributed by atoms with Crippen molar-refractivity contribution >= 4 is 5.91 Å². The first-order valence-electron chi connectivity index (χ1n) is 6.21. The fourth-order valence-electron chi connectivity index (χ4n) is 1.28. The lowest BCUT2D eigenvalue weighted by Gasteiger charge is -2.08. The van der Waals surface area contributed by atoms with Gasteiger partial charge in [-0.15, -0.1) is 0 Å². The fourth-order valence-corrected chi connectivity index (χ4v) is 1.28. The van der Waals surface area contributed by atoms with Gasteiger partial charge in [0.05, 0.1) is 6.61 Å². The number of carbonyl (C=O) groups excluding carboxylic acids is 1. The van der Waals surface area contributed by atoms with E-state index in [0.29, 0.717) is 32.0 Å². The van der Waals surface area contributed by atoms with Crippen molar-refractivity contribution in [3.05, 3.63) is 0 Å². The lowest BCUT2D eigenvalue weighted by atomic mass is 10.2. The topological polar surface area (TPSA) is 64.3 Å². The fraction of sp³-hybridized carbons (Fsp3) is 0.917. The molecular formula is C12H26N2O2. The summed E-state index contributed by atoms with van der Waals surface area (Å²) in [5.41, 5.74) is 5.37. The Bertz CT molecular complexity index is 172. The Morgan fingerprint density at radius 1 is 1.31 bits per heavy atom. The Balaban J connectivity index is 3.17. The highest BCUT2D eigenvalue weighted by Crippen LogP contribution is 1.98. The zero-order valence-corrected chi connectivity index (χ0v) is 10.6. The van der Waals surface area contributed by atoms with Gasteiger partial charge in [0.15, 0.2) is 0 Å². The number of rotatable bonds is 10. The summed E-state index contributed by atoms with van der Waals surface area (Å²) in [4.78, 5) is 11.3. The van der Waals surface area contributed by atoms with Crippen LogP contribution in [0.2, 0.25) is 0 Å². The van der Waals surface area contributed by atoms with Crippen LogP contribution >= 0.6 is 0 Å². The Morgan fingerprint density at radius 2 is 2.06 bits per heavy atom. The van der Waals surface area contributed by atoms with Crippen LogP contribution in [0.1, 0.15) is 39.5 Å². The van der Waals surface area contributed by atoms with Gasteiger partial charge in [0.1, 0.15) is 0 Å². The summed E-state index contributed by atoms with van der Waals surface area (Å²) in [7, 11) is 0. The number of hydrogen-bond acceptors (Lipinski definition) is 3. The molecule has 0 aliphatic heterocycles. The van der Waals surface area contributed by atoms with Crippen molar-refractivity contribution in [3.63, 3.8) is 0 Å². The van der Waals surface area contributed by atoms with E-state index in [1.165, 1.54) is 0 Å². The predicted molar refractivity (Wildman–Crippen MR) is 66.2 cm³/mol. The lowest BCUT2D eigenvalue weighted by molar-refractivity contribution is -0.121. The normalized spacial score (nSPS) is 10.8. The zero-order chi connectivity index (χ0) is 12.2. The Hall–Kier alpha value is -0.610. The van der Waals surface area contributed by atoms with E-state index >= 15 is 0 Å². The minimum absolute atomic E-state index is 0.116. The van der Waals surface area contributed by atoms with E-state index in [2.05, 4.69) is 19.2 Å². The summed E-state index contributed by atoms with van der Waals surface area (Å²) in [6, 6.07) is 0. The molecular weight excluding hydrogens is 204 g/mol. The van der Waals surface area contributed by atoms with Crippen LogP contribution in [-0.4, -0.2) is 32.2 Å². The molecule has 4 heteroatoms. The lowest BCUT2D eigenvalue weighted by Crippen LogP contribution is -2.27. The maximum atomic E-state index is 11.3. The molecule has 0 rings (SSSR count). The molecule has 0 saturated heterocycles. The van der Waals surface area contributed by atoms with E-state index in [1.54, 1.807) is 0 Å². The van der Waals surface area contributed by atoms with Gasteiger partial charge in [-0.1, -0.05) is 20.3 Å². The number of unbranched alkanes of at least 4 members (excludes halogenated alkanes) is 2. The van der Waals surface area contributed by atoms with E-state index in [0.717, 1.165) is 25.9 Å². The van der Waals surface area contributed by atoms with Gasteiger partial charge in [-0.05, 0) is 25.3 Å². The number of nitrogens with one attached hydrogen (secondary N) is 1. The first-order chi connectivity index (χ1) is 7.66. The van der Waals surface area contributed by atoms with E-state index in [-0.39, 0.29) is 5.91 Å². The average Bonchev–Trinajstić information content (AvgIpc) is 2.23. The molecule has 0 aliphatic carbocycles. The minimum atomic E-state index is 0.116. The molecule has 96 valence electrons. The quantitative estimate of drug-likeness (QED) is 0.556. The van der Waals surface area contributed by atoms with Gasteiger partial charge in [-0.3, -0.25) is 4.79 Å². The third kappa shape index (κ3) is 11.5. The molecule has 0 radical (unpaired) electrons. The number of ether oxygens (including phenoxy) is 1. The van der Waals surface area contributed by atoms with Crippen LogP contribution in [0.3, 0.4) is 0 Å². The summed E-state index contributed by atoms with van der Waals surface area (Å²) in [5.74, 6) is 0.664. The molecule has 0 atom stereocenters. The Labute approximate surface area is 98.9 Å². The summed E-state index contributed by atoms with van der Waals surface area (Å²) >= 11 is 0. The number of nitrogens with two attached hydrogens (primary N) is 1. The molecule has 0 aromatic rings. The number of amides is 1. The molecule has 0 aliphatic rings. The van der Waals surface area contributed by atoms with Crippen molar-refractivity contribution in [2.45, 2.75) is 39.5 Å². The van der Waals surface area contributed by atoms with Crippen LogP contribution in [0, 0.1) is 5.92 Å². The van der Waals surface area contributed by atoms with Crippen molar-refractivity contribution < 1.29 is 9.53 Å². The van der Waals surface area contributed by atoms with E-state index in [9.17, 15) is 4.79 Å². The summed E-state index contributed by atoms with van der Waals surface area (Å²) in [6.45, 7) is 6.90. The van der Waals surface area contributed by atoms with Crippen LogP contribution in [0.5, 0.6) is 0 Å². The smallest absolute Gasteiger partial charge is 0.220 e. The first-order valence-corrected chi connectivity index (χ1v) is 6.21. The van der Waals surface area contributed by atoms with Gasteiger partial charge in [-0.2, -0.15) is 0 Å². The highest BCUT2D eigenvalue weighted by atomic mass is 16.5. The molecule has 0 fully saturated rings. The molecule has 0 spiro atoms. The van der Waals surface area contributed by atoms with Crippen molar-refractivity contribution in [2.24, 2.45) is 11.7 Å². The SMILES string of the molecule is CC(C)COCCNC(=O)CCCCCN. The van der Waals surface area contributed by atoms with Crippen LogP contribution in [-0.2, 0) is 9.53 Å². The van der Waals surface area contributed by atoms with Crippen molar-refractivity contribution in [1.29, 1.82) is 0 Å². The second-order valence-electron chi connectivity index (χ2n) is 4.42. The van der Waals surface area contributed by atoms with Gasteiger partial charge in [0.25, 0.3) is 0 Å². The van der Waals surface area contributed by atoms with Gasteiger partial charge in [0.2, 0.25) is 5.91 Å². The van der Waals surface area contributed by atoms with Gasteiger partial charge in [0, 0.05) is 19.6 Å². The molecule has 16 heavy (non-hydrogen) atoms. The van der Waals surface area contributed by atoms with Gasteiger partial charge < -0.3 is 15.8 Å². The second-order valence-corrected chi connectivity index (χ2v) is 4.42. The second kappa shape index (κ2) is 10.9. The molecule has 3 N–H and O–H groups in total. The maximum Gasteiger partial charge on any atom is 0.220 e. The van der Waals surface area contributed by atoms with Gasteiger partial charge >= 0.3 is 0 Å². The van der Waals surface area contributed by atoms with Crippen LogP contribution < -0.4 is 11.1 Å². The molecule has 0 saturated carbocycles. The third-order valence-electron chi connectivity index (χ3n) is 2.13. The zero-order valence-electron chi connectivity index (χ0n) is 10.6. The highest BCUT2D eigenvalue weighted by molar-refractivity contribution is 5.75. The largest absolute Gasteiger partial charge is 0.379 e. The van der Waals surface area contributed by atoms with E-state index in [1.807, 2.05) is 0 Å². The molecule has 0 unspecified atom stereocenters. The first kappa shape index (κ1) is 15.4. The van der Waals surface area contributed by atoms with E-state index < -0.39 is 0 Å². The van der Waals surface area contributed by atoms with E-state index in [4.69, 9.17) is 10.5 Å². The third-order valence-corrected chi connectivity index (χ3v) is 2.13. The molecule has 0 heterocycles. The molecule has 0 aromatic carbocycles. The highest BCUT2D eigenvalue weighted by Gasteiger charge is 2.00. The molecule has 4 nitrogen and oxygen atoms in total. The van der Waals surface area contributed by atoms with Crippen molar-refractivity contribution in [3.8, 4) is 0 Å². The molecule has 0 bridgehead atoms. The summed E-state index contributed by atoms with van der Waals surface area (Å²) in [6.07, 6.45) is 3.57. The monoisotopic (exact) mass is 230 g/mol. The minimum Gasteiger partial charge on any atom is -0.379 e. The van der Waals surface area contributed by atoms with Crippen LogP contribution in [0.4, 0.5) is 0 Å². The standard InChI is InChI=1S/C12H26N2O2/c1-11(2)10-16-9-8-14-12(15)6-4-3-5-7-13/h11H,3-10,13H2,1-2H3,(H,14,15). The number of hydrogen-bond donors (Lipinski definition) is 2. The van der Waals surface area contributed by atoms with Crippen LogP contribution in [0.15, 0.2) is 0 Å². The van der Waals surface area contributed by atoms with Gasteiger partial charge in [-0.25, -0.2) is 0 Å².